The van der Waals surface area contributed by atoms with Gasteiger partial charge in [0.05, 0.1) is 11.0 Å². The fourth-order valence-electron chi connectivity index (χ4n) is 3.04. The van der Waals surface area contributed by atoms with Crippen LogP contribution in [0.25, 0.3) is 11.0 Å². The van der Waals surface area contributed by atoms with Crippen LogP contribution in [0, 0.1) is 0 Å². The van der Waals surface area contributed by atoms with E-state index < -0.39 is 0 Å². The van der Waals surface area contributed by atoms with Crippen molar-refractivity contribution in [2.45, 2.75) is 38.8 Å². The number of nitrogens with zero attached hydrogens (tertiary/aromatic N) is 4. The Morgan fingerprint density at radius 3 is 2.59 bits per heavy atom. The van der Waals surface area contributed by atoms with E-state index in [2.05, 4.69) is 15.2 Å². The van der Waals surface area contributed by atoms with Gasteiger partial charge in [-0.15, -0.1) is 0 Å². The summed E-state index contributed by atoms with van der Waals surface area (Å²) in [6.45, 7) is 3.36. The maximum absolute atomic E-state index is 12.8. The minimum Gasteiger partial charge on any atom is -0.358 e. The molecule has 1 unspecified atom stereocenters. The molecule has 0 aliphatic rings. The van der Waals surface area contributed by atoms with Gasteiger partial charge in [0.25, 0.3) is 5.56 Å². The summed E-state index contributed by atoms with van der Waals surface area (Å²) in [5, 5.41) is 3.03. The van der Waals surface area contributed by atoms with Gasteiger partial charge in [-0.05, 0) is 52.5 Å². The standard InChI is InChI=1S/C20H31N5O2/c1-15(9-8-13-23(2)3)21-18(26)12-14-25-17-11-7-6-10-16(17)22-19(20(25)27)24(4)5/h6-7,10-11,15H,8-9,12-14H2,1-5H3,(H,21,26). The van der Waals surface area contributed by atoms with E-state index in [9.17, 15) is 9.59 Å². The van der Waals surface area contributed by atoms with Gasteiger partial charge in [-0.2, -0.15) is 0 Å². The molecule has 1 heterocycles. The van der Waals surface area contributed by atoms with Crippen molar-refractivity contribution < 1.29 is 4.79 Å². The maximum Gasteiger partial charge on any atom is 0.293 e. The lowest BCUT2D eigenvalue weighted by atomic mass is 10.1. The van der Waals surface area contributed by atoms with Gasteiger partial charge < -0.3 is 19.7 Å². The third-order valence-corrected chi connectivity index (χ3v) is 4.47. The fourth-order valence-corrected chi connectivity index (χ4v) is 3.04. The van der Waals surface area contributed by atoms with Gasteiger partial charge >= 0.3 is 0 Å². The normalized spacial score (nSPS) is 12.4. The maximum atomic E-state index is 12.8. The van der Waals surface area contributed by atoms with E-state index in [1.165, 1.54) is 0 Å². The van der Waals surface area contributed by atoms with E-state index >= 15 is 0 Å². The predicted octanol–water partition coefficient (Wildman–Crippen LogP) is 1.70. The molecule has 1 N–H and O–H groups in total. The van der Waals surface area contributed by atoms with Gasteiger partial charge in [-0.1, -0.05) is 12.1 Å². The highest BCUT2D eigenvalue weighted by Gasteiger charge is 2.14. The average molecular weight is 374 g/mol. The molecule has 7 nitrogen and oxygen atoms in total. The number of rotatable bonds is 9. The van der Waals surface area contributed by atoms with E-state index in [1.807, 2.05) is 45.3 Å². The zero-order valence-electron chi connectivity index (χ0n) is 17.0. The lowest BCUT2D eigenvalue weighted by Crippen LogP contribution is -2.35. The van der Waals surface area contributed by atoms with E-state index in [0.29, 0.717) is 12.4 Å². The third-order valence-electron chi connectivity index (χ3n) is 4.47. The van der Waals surface area contributed by atoms with Crippen LogP contribution in [0.2, 0.25) is 0 Å². The minimum absolute atomic E-state index is 0.0356. The second kappa shape index (κ2) is 9.50. The molecule has 2 rings (SSSR count). The first kappa shape index (κ1) is 20.9. The first-order valence-electron chi connectivity index (χ1n) is 9.40. The number of amides is 1. The Hall–Kier alpha value is -2.41. The zero-order chi connectivity index (χ0) is 20.0. The lowest BCUT2D eigenvalue weighted by Gasteiger charge is -2.17. The molecule has 0 aliphatic heterocycles. The monoisotopic (exact) mass is 373 g/mol. The van der Waals surface area contributed by atoms with Crippen molar-refractivity contribution in [1.82, 2.24) is 19.8 Å². The molecule has 0 aliphatic carbocycles. The molecular weight excluding hydrogens is 342 g/mol. The molecule has 0 bridgehead atoms. The van der Waals surface area contributed by atoms with Crippen molar-refractivity contribution in [2.24, 2.45) is 0 Å². The Bertz CT molecular complexity index is 829. The second-order valence-corrected chi connectivity index (χ2v) is 7.44. The van der Waals surface area contributed by atoms with Crippen LogP contribution in [-0.4, -0.2) is 61.1 Å². The molecule has 1 aromatic carbocycles. The number of aryl methyl sites for hydroxylation is 1. The Balaban J connectivity index is 2.07. The molecule has 27 heavy (non-hydrogen) atoms. The molecule has 0 spiro atoms. The summed E-state index contributed by atoms with van der Waals surface area (Å²) in [5.41, 5.74) is 1.32. The van der Waals surface area contributed by atoms with Gasteiger partial charge in [0.15, 0.2) is 5.82 Å². The van der Waals surface area contributed by atoms with Crippen LogP contribution in [0.4, 0.5) is 5.82 Å². The SMILES string of the molecule is CC(CCCN(C)C)NC(=O)CCn1c(=O)c(N(C)C)nc2ccccc21. The minimum atomic E-state index is -0.175. The lowest BCUT2D eigenvalue weighted by molar-refractivity contribution is -0.121. The predicted molar refractivity (Wildman–Crippen MR) is 110 cm³/mol. The highest BCUT2D eigenvalue weighted by Crippen LogP contribution is 2.13. The number of benzene rings is 1. The number of aromatic nitrogens is 2. The summed E-state index contributed by atoms with van der Waals surface area (Å²) in [4.78, 5) is 33.4. The number of hydrogen-bond acceptors (Lipinski definition) is 5. The largest absolute Gasteiger partial charge is 0.358 e. The first-order valence-corrected chi connectivity index (χ1v) is 9.40. The van der Waals surface area contributed by atoms with Crippen molar-refractivity contribution in [3.8, 4) is 0 Å². The van der Waals surface area contributed by atoms with Crippen LogP contribution >= 0.6 is 0 Å². The Morgan fingerprint density at radius 2 is 1.93 bits per heavy atom. The summed E-state index contributed by atoms with van der Waals surface area (Å²) in [6.07, 6.45) is 2.24. The van der Waals surface area contributed by atoms with Gasteiger partial charge in [0, 0.05) is 33.1 Å². The van der Waals surface area contributed by atoms with E-state index in [0.717, 1.165) is 30.4 Å². The number of carbonyl (C=O) groups is 1. The van der Waals surface area contributed by atoms with Crippen molar-refractivity contribution >= 4 is 22.8 Å². The number of para-hydroxylation sites is 2. The van der Waals surface area contributed by atoms with Gasteiger partial charge in [-0.25, -0.2) is 4.98 Å². The molecular formula is C20H31N5O2. The summed E-state index contributed by atoms with van der Waals surface area (Å²) < 4.78 is 1.65. The summed E-state index contributed by atoms with van der Waals surface area (Å²) >= 11 is 0. The molecule has 7 heteroatoms. The van der Waals surface area contributed by atoms with Crippen molar-refractivity contribution in [1.29, 1.82) is 0 Å². The van der Waals surface area contributed by atoms with Crippen LogP contribution in [0.1, 0.15) is 26.2 Å². The summed E-state index contributed by atoms with van der Waals surface area (Å²) in [7, 11) is 7.68. The van der Waals surface area contributed by atoms with Gasteiger partial charge in [0.1, 0.15) is 0 Å². The highest BCUT2D eigenvalue weighted by molar-refractivity contribution is 5.78. The molecule has 0 fully saturated rings. The Morgan fingerprint density at radius 1 is 1.22 bits per heavy atom. The Labute approximate surface area is 161 Å². The van der Waals surface area contributed by atoms with Crippen molar-refractivity contribution in [2.75, 3.05) is 39.6 Å². The topological polar surface area (TPSA) is 70.5 Å². The zero-order valence-corrected chi connectivity index (χ0v) is 17.0. The molecule has 0 saturated carbocycles. The summed E-state index contributed by atoms with van der Waals surface area (Å²) in [6, 6.07) is 7.64. The van der Waals surface area contributed by atoms with Crippen LogP contribution < -0.4 is 15.8 Å². The number of nitrogens with one attached hydrogen (secondary N) is 1. The molecule has 1 atom stereocenters. The second-order valence-electron chi connectivity index (χ2n) is 7.44. The van der Waals surface area contributed by atoms with Gasteiger partial charge in [-0.3, -0.25) is 9.59 Å². The number of hydrogen-bond donors (Lipinski definition) is 1. The molecule has 1 aromatic heterocycles. The molecule has 0 radical (unpaired) electrons. The smallest absolute Gasteiger partial charge is 0.293 e. The van der Waals surface area contributed by atoms with Crippen LogP contribution in [0.3, 0.4) is 0 Å². The van der Waals surface area contributed by atoms with Crippen LogP contribution in [0.5, 0.6) is 0 Å². The van der Waals surface area contributed by atoms with E-state index in [1.54, 1.807) is 23.6 Å². The fraction of sp³-hybridized carbons (Fsp3) is 0.550. The molecule has 2 aromatic rings. The van der Waals surface area contributed by atoms with Crippen molar-refractivity contribution in [3.05, 3.63) is 34.6 Å². The van der Waals surface area contributed by atoms with Crippen LogP contribution in [-0.2, 0) is 11.3 Å². The van der Waals surface area contributed by atoms with Crippen LogP contribution in [0.15, 0.2) is 29.1 Å². The number of fused-ring (bicyclic) bond motifs is 1. The van der Waals surface area contributed by atoms with E-state index in [4.69, 9.17) is 0 Å². The van der Waals surface area contributed by atoms with Gasteiger partial charge in [0.2, 0.25) is 5.91 Å². The van der Waals surface area contributed by atoms with E-state index in [-0.39, 0.29) is 23.9 Å². The summed E-state index contributed by atoms with van der Waals surface area (Å²) in [5.74, 6) is 0.345. The average Bonchev–Trinajstić information content (AvgIpc) is 2.59. The van der Waals surface area contributed by atoms with Crippen molar-refractivity contribution in [3.63, 3.8) is 0 Å². The molecule has 0 saturated heterocycles. The highest BCUT2D eigenvalue weighted by atomic mass is 16.2. The molecule has 1 amide bonds. The molecule has 148 valence electrons. The number of anilines is 1. The number of carbonyl (C=O) groups excluding carboxylic acids is 1. The third kappa shape index (κ3) is 5.79. The quantitative estimate of drug-likeness (QED) is 0.724. The Kier molecular flexibility index (Phi) is 7.36. The first-order chi connectivity index (χ1) is 12.8.